The summed E-state index contributed by atoms with van der Waals surface area (Å²) in [7, 11) is 1.65. The molecule has 5 nitrogen and oxygen atoms in total. The van der Waals surface area contributed by atoms with Gasteiger partial charge in [0.25, 0.3) is 0 Å². The maximum atomic E-state index is 12.6. The Kier molecular flexibility index (Phi) is 5.41. The first-order valence-electron chi connectivity index (χ1n) is 10.2. The highest BCUT2D eigenvalue weighted by Gasteiger charge is 2.44. The van der Waals surface area contributed by atoms with E-state index in [4.69, 9.17) is 9.47 Å². The molecule has 2 aromatic rings. The van der Waals surface area contributed by atoms with Crippen molar-refractivity contribution in [3.05, 3.63) is 60.8 Å². The third-order valence-electron chi connectivity index (χ3n) is 6.37. The van der Waals surface area contributed by atoms with E-state index in [9.17, 15) is 4.79 Å². The number of esters is 1. The fourth-order valence-electron chi connectivity index (χ4n) is 4.78. The van der Waals surface area contributed by atoms with Crippen LogP contribution in [-0.2, 0) is 9.53 Å². The van der Waals surface area contributed by atoms with Crippen molar-refractivity contribution in [2.24, 2.45) is 11.8 Å². The van der Waals surface area contributed by atoms with Gasteiger partial charge in [0, 0.05) is 29.3 Å². The number of fused-ring (bicyclic) bond motifs is 4. The number of benzene rings is 1. The maximum absolute atomic E-state index is 12.6. The molecule has 0 spiro atoms. The number of carbonyl (C=O) groups is 1. The van der Waals surface area contributed by atoms with Gasteiger partial charge >= 0.3 is 5.97 Å². The Morgan fingerprint density at radius 1 is 1.38 bits per heavy atom. The highest BCUT2D eigenvalue weighted by molar-refractivity contribution is 5.88. The summed E-state index contributed by atoms with van der Waals surface area (Å²) < 4.78 is 11.5. The van der Waals surface area contributed by atoms with Gasteiger partial charge in [0.15, 0.2) is 0 Å². The molecule has 152 valence electrons. The number of nitrogens with zero attached hydrogens (tertiary/aromatic N) is 2. The molecular formula is C24H28N2O3. The van der Waals surface area contributed by atoms with Crippen LogP contribution in [0.1, 0.15) is 31.4 Å². The van der Waals surface area contributed by atoms with Gasteiger partial charge in [-0.2, -0.15) is 0 Å². The summed E-state index contributed by atoms with van der Waals surface area (Å²) in [5.41, 5.74) is 2.24. The van der Waals surface area contributed by atoms with E-state index in [1.165, 1.54) is 6.42 Å². The Bertz CT molecular complexity index is 954. The minimum atomic E-state index is -0.384. The molecule has 0 amide bonds. The van der Waals surface area contributed by atoms with Crippen molar-refractivity contribution in [3.8, 4) is 5.75 Å². The average molecular weight is 392 g/mol. The smallest absolute Gasteiger partial charge is 0.333 e. The van der Waals surface area contributed by atoms with E-state index in [0.29, 0.717) is 17.4 Å². The summed E-state index contributed by atoms with van der Waals surface area (Å²) >= 11 is 0. The fraction of sp³-hybridized carbons (Fsp3) is 0.417. The Morgan fingerprint density at radius 3 is 2.86 bits per heavy atom. The molecule has 0 aliphatic carbocycles. The molecule has 1 aromatic carbocycles. The average Bonchev–Trinajstić information content (AvgIpc) is 2.76. The highest BCUT2D eigenvalue weighted by atomic mass is 16.5. The zero-order valence-electron chi connectivity index (χ0n) is 17.1. The molecule has 1 unspecified atom stereocenters. The van der Waals surface area contributed by atoms with E-state index in [2.05, 4.69) is 29.1 Å². The normalized spacial score (nSPS) is 26.7. The molecule has 3 fully saturated rings. The van der Waals surface area contributed by atoms with Crippen LogP contribution in [0.5, 0.6) is 5.75 Å². The molecule has 2 bridgehead atoms. The van der Waals surface area contributed by atoms with Crippen LogP contribution in [0, 0.1) is 11.8 Å². The Balaban J connectivity index is 1.78. The van der Waals surface area contributed by atoms with E-state index >= 15 is 0 Å². The van der Waals surface area contributed by atoms with Gasteiger partial charge in [-0.1, -0.05) is 12.7 Å². The standard InChI is InChI=1S/C24H28N2O3/c1-5-16-14-26-11-9-17(16)12-22(26)23(29-24(27)15(2)3)19-8-10-25-21-7-6-18(28-4)13-20(19)21/h5-8,10,13,16-17,22-23H,1-2,9,11-12,14H2,3-4H3/t16-,17-,22-,23+/m0/s1. The van der Waals surface area contributed by atoms with Gasteiger partial charge in [-0.25, -0.2) is 4.79 Å². The van der Waals surface area contributed by atoms with Gasteiger partial charge in [-0.05, 0) is 62.4 Å². The van der Waals surface area contributed by atoms with Crippen molar-refractivity contribution in [1.82, 2.24) is 9.88 Å². The number of pyridine rings is 1. The van der Waals surface area contributed by atoms with Crippen molar-refractivity contribution in [2.75, 3.05) is 20.2 Å². The van der Waals surface area contributed by atoms with Gasteiger partial charge in [0.1, 0.15) is 11.9 Å². The molecule has 5 rings (SSSR count). The van der Waals surface area contributed by atoms with Gasteiger partial charge in [0.05, 0.1) is 18.7 Å². The van der Waals surface area contributed by atoms with Crippen LogP contribution in [0.25, 0.3) is 10.9 Å². The largest absolute Gasteiger partial charge is 0.497 e. The molecule has 4 heterocycles. The molecule has 3 aliphatic rings. The number of ether oxygens (including phenoxy) is 2. The lowest BCUT2D eigenvalue weighted by atomic mass is 9.73. The molecule has 3 saturated heterocycles. The van der Waals surface area contributed by atoms with E-state index < -0.39 is 0 Å². The summed E-state index contributed by atoms with van der Waals surface area (Å²) in [6, 6.07) is 7.91. The van der Waals surface area contributed by atoms with Crippen LogP contribution in [-0.4, -0.2) is 42.1 Å². The quantitative estimate of drug-likeness (QED) is 0.417. The number of carbonyl (C=O) groups excluding carboxylic acids is 1. The summed E-state index contributed by atoms with van der Waals surface area (Å²) in [6.45, 7) is 11.5. The predicted molar refractivity (Wildman–Crippen MR) is 114 cm³/mol. The minimum Gasteiger partial charge on any atom is -0.497 e. The van der Waals surface area contributed by atoms with Crippen molar-refractivity contribution in [1.29, 1.82) is 0 Å². The summed E-state index contributed by atoms with van der Waals surface area (Å²) in [5, 5.41) is 0.953. The van der Waals surface area contributed by atoms with E-state index in [1.807, 2.05) is 24.3 Å². The maximum Gasteiger partial charge on any atom is 0.333 e. The highest BCUT2D eigenvalue weighted by Crippen LogP contribution is 2.43. The first-order chi connectivity index (χ1) is 14.0. The Labute approximate surface area is 172 Å². The third kappa shape index (κ3) is 3.67. The third-order valence-corrected chi connectivity index (χ3v) is 6.37. The van der Waals surface area contributed by atoms with Crippen molar-refractivity contribution in [3.63, 3.8) is 0 Å². The number of piperidine rings is 3. The Morgan fingerprint density at radius 2 is 2.21 bits per heavy atom. The van der Waals surface area contributed by atoms with Gasteiger partial charge in [0.2, 0.25) is 0 Å². The molecule has 0 radical (unpaired) electrons. The summed E-state index contributed by atoms with van der Waals surface area (Å²) in [6.07, 6.45) is 5.63. The minimum absolute atomic E-state index is 0.130. The molecule has 1 aromatic heterocycles. The second-order valence-corrected chi connectivity index (χ2v) is 8.14. The van der Waals surface area contributed by atoms with Gasteiger partial charge in [-0.3, -0.25) is 9.88 Å². The van der Waals surface area contributed by atoms with Crippen molar-refractivity contribution >= 4 is 16.9 Å². The zero-order chi connectivity index (χ0) is 20.5. The lowest BCUT2D eigenvalue weighted by Crippen LogP contribution is -2.55. The second kappa shape index (κ2) is 7.99. The van der Waals surface area contributed by atoms with Crippen LogP contribution in [0.3, 0.4) is 0 Å². The van der Waals surface area contributed by atoms with E-state index in [-0.39, 0.29) is 18.1 Å². The van der Waals surface area contributed by atoms with Crippen LogP contribution in [0.4, 0.5) is 0 Å². The van der Waals surface area contributed by atoms with Gasteiger partial charge in [-0.15, -0.1) is 6.58 Å². The molecule has 0 saturated carbocycles. The number of rotatable bonds is 6. The molecule has 5 heteroatoms. The van der Waals surface area contributed by atoms with E-state index in [0.717, 1.165) is 41.7 Å². The Hall–Kier alpha value is -2.66. The molecule has 0 N–H and O–H groups in total. The topological polar surface area (TPSA) is 51.7 Å². The van der Waals surface area contributed by atoms with Crippen molar-refractivity contribution in [2.45, 2.75) is 31.9 Å². The van der Waals surface area contributed by atoms with Crippen LogP contribution in [0.15, 0.2) is 55.3 Å². The SMILES string of the molecule is C=C[C@H]1CN2CC[C@H]1C[C@H]2[C@H](OC(=O)C(=C)C)c1ccnc2ccc(OC)cc12. The molecule has 3 aliphatic heterocycles. The number of hydrogen-bond acceptors (Lipinski definition) is 5. The first kappa shape index (κ1) is 19.6. The second-order valence-electron chi connectivity index (χ2n) is 8.14. The lowest BCUT2D eigenvalue weighted by molar-refractivity contribution is -0.152. The summed E-state index contributed by atoms with van der Waals surface area (Å²) in [5.74, 6) is 1.49. The summed E-state index contributed by atoms with van der Waals surface area (Å²) in [4.78, 5) is 19.5. The number of aromatic nitrogens is 1. The number of methoxy groups -OCH3 is 1. The van der Waals surface area contributed by atoms with E-state index in [1.54, 1.807) is 20.2 Å². The monoisotopic (exact) mass is 392 g/mol. The first-order valence-corrected chi connectivity index (χ1v) is 10.2. The fourth-order valence-corrected chi connectivity index (χ4v) is 4.78. The lowest BCUT2D eigenvalue weighted by Gasteiger charge is -2.51. The van der Waals surface area contributed by atoms with Crippen LogP contribution >= 0.6 is 0 Å². The molecule has 5 atom stereocenters. The number of hydrogen-bond donors (Lipinski definition) is 0. The van der Waals surface area contributed by atoms with Crippen LogP contribution in [0.2, 0.25) is 0 Å². The van der Waals surface area contributed by atoms with Crippen LogP contribution < -0.4 is 4.74 Å². The predicted octanol–water partition coefficient (Wildman–Crippen LogP) is 4.30. The molecule has 29 heavy (non-hydrogen) atoms. The van der Waals surface area contributed by atoms with Gasteiger partial charge < -0.3 is 9.47 Å². The zero-order valence-corrected chi connectivity index (χ0v) is 17.1. The van der Waals surface area contributed by atoms with Crippen molar-refractivity contribution < 1.29 is 14.3 Å². The molecular weight excluding hydrogens is 364 g/mol.